The number of hydrogen-bond acceptors (Lipinski definition) is 3. The molecule has 1 saturated heterocycles. The van der Waals surface area contributed by atoms with Crippen molar-refractivity contribution in [3.05, 3.63) is 34.9 Å². The molecule has 0 aliphatic carbocycles. The molecule has 0 radical (unpaired) electrons. The fourth-order valence-corrected chi connectivity index (χ4v) is 2.06. The van der Waals surface area contributed by atoms with Crippen molar-refractivity contribution < 1.29 is 9.59 Å². The summed E-state index contributed by atoms with van der Waals surface area (Å²) in [5.74, 6) is -1.26. The van der Waals surface area contributed by atoms with Gasteiger partial charge in [-0.1, -0.05) is 23.7 Å². The van der Waals surface area contributed by atoms with Gasteiger partial charge in [0.1, 0.15) is 5.92 Å². The number of nitrogens with zero attached hydrogens (tertiary/aromatic N) is 1. The van der Waals surface area contributed by atoms with Crippen molar-refractivity contribution in [1.82, 2.24) is 10.7 Å². The van der Waals surface area contributed by atoms with Crippen LogP contribution in [0.15, 0.2) is 29.4 Å². The second-order valence-corrected chi connectivity index (χ2v) is 4.71. The summed E-state index contributed by atoms with van der Waals surface area (Å²) in [5.41, 5.74) is 3.16. The summed E-state index contributed by atoms with van der Waals surface area (Å²) < 4.78 is 0. The average molecular weight is 280 g/mol. The number of hydrogen-bond donors (Lipinski definition) is 2. The third kappa shape index (κ3) is 3.79. The van der Waals surface area contributed by atoms with Gasteiger partial charge in [0.05, 0.1) is 6.21 Å². The molecule has 0 saturated carbocycles. The van der Waals surface area contributed by atoms with Gasteiger partial charge in [-0.3, -0.25) is 9.59 Å². The number of hydrazone groups is 1. The lowest BCUT2D eigenvalue weighted by atomic mass is 9.98. The fraction of sp³-hybridized carbons (Fsp3) is 0.308. The number of rotatable bonds is 3. The first kappa shape index (κ1) is 13.5. The molecule has 0 spiro atoms. The molecule has 1 heterocycles. The molecule has 1 aromatic rings. The Morgan fingerprint density at radius 1 is 1.53 bits per heavy atom. The molecular weight excluding hydrogens is 266 g/mol. The number of benzene rings is 1. The number of carbonyl (C=O) groups excluding carboxylic acids is 2. The van der Waals surface area contributed by atoms with Gasteiger partial charge in [0.2, 0.25) is 5.91 Å². The van der Waals surface area contributed by atoms with E-state index in [1.165, 1.54) is 6.21 Å². The van der Waals surface area contributed by atoms with Gasteiger partial charge in [-0.15, -0.1) is 0 Å². The van der Waals surface area contributed by atoms with Crippen molar-refractivity contribution in [1.29, 1.82) is 0 Å². The summed E-state index contributed by atoms with van der Waals surface area (Å²) in [6.45, 7) is 0.633. The molecule has 19 heavy (non-hydrogen) atoms. The van der Waals surface area contributed by atoms with Gasteiger partial charge < -0.3 is 5.32 Å². The largest absolute Gasteiger partial charge is 0.355 e. The Morgan fingerprint density at radius 3 is 3.11 bits per heavy atom. The zero-order chi connectivity index (χ0) is 13.7. The minimum Gasteiger partial charge on any atom is -0.355 e. The molecule has 0 unspecified atom stereocenters. The van der Waals surface area contributed by atoms with Crippen LogP contribution in [0.25, 0.3) is 0 Å². The minimum absolute atomic E-state index is 0.235. The van der Waals surface area contributed by atoms with Crippen LogP contribution in [0.2, 0.25) is 5.02 Å². The van der Waals surface area contributed by atoms with E-state index in [4.69, 9.17) is 11.6 Å². The lowest BCUT2D eigenvalue weighted by Gasteiger charge is -2.19. The summed E-state index contributed by atoms with van der Waals surface area (Å²) in [6.07, 6.45) is 2.86. The number of nitrogens with one attached hydrogen (secondary N) is 2. The predicted octanol–water partition coefficient (Wildman–Crippen LogP) is 1.32. The molecule has 0 aromatic heterocycles. The van der Waals surface area contributed by atoms with Gasteiger partial charge in [0.25, 0.3) is 5.91 Å². The van der Waals surface area contributed by atoms with Crippen molar-refractivity contribution >= 4 is 29.6 Å². The second kappa shape index (κ2) is 6.33. The molecule has 1 fully saturated rings. The van der Waals surface area contributed by atoms with E-state index in [2.05, 4.69) is 15.8 Å². The van der Waals surface area contributed by atoms with Crippen LogP contribution in [0.3, 0.4) is 0 Å². The van der Waals surface area contributed by atoms with Gasteiger partial charge in [-0.25, -0.2) is 5.43 Å². The highest BCUT2D eigenvalue weighted by Gasteiger charge is 2.28. The summed E-state index contributed by atoms with van der Waals surface area (Å²) in [7, 11) is 0. The highest BCUT2D eigenvalue weighted by atomic mass is 35.5. The van der Waals surface area contributed by atoms with E-state index in [-0.39, 0.29) is 11.8 Å². The van der Waals surface area contributed by atoms with Gasteiger partial charge in [0, 0.05) is 11.6 Å². The maximum absolute atomic E-state index is 11.8. The molecular formula is C13H14ClN3O2. The molecule has 2 rings (SSSR count). The van der Waals surface area contributed by atoms with Crippen LogP contribution >= 0.6 is 11.6 Å². The van der Waals surface area contributed by atoms with E-state index in [9.17, 15) is 9.59 Å². The van der Waals surface area contributed by atoms with Crippen LogP contribution in [0.1, 0.15) is 18.4 Å². The van der Waals surface area contributed by atoms with Crippen molar-refractivity contribution in [3.8, 4) is 0 Å². The van der Waals surface area contributed by atoms with Crippen LogP contribution < -0.4 is 10.7 Å². The predicted molar refractivity (Wildman–Crippen MR) is 72.9 cm³/mol. The Labute approximate surface area is 116 Å². The first-order valence-corrected chi connectivity index (χ1v) is 6.41. The SMILES string of the molecule is O=C1NCCC[C@@H]1C(=O)N/N=C\c1cccc(Cl)c1. The summed E-state index contributed by atoms with van der Waals surface area (Å²) in [4.78, 5) is 23.2. The number of amides is 2. The third-order valence-corrected chi connectivity index (χ3v) is 3.07. The van der Waals surface area contributed by atoms with Gasteiger partial charge in [-0.05, 0) is 30.5 Å². The van der Waals surface area contributed by atoms with Crippen LogP contribution in [-0.4, -0.2) is 24.6 Å². The van der Waals surface area contributed by atoms with Gasteiger partial charge in [0.15, 0.2) is 0 Å². The number of carbonyl (C=O) groups is 2. The number of halogens is 1. The summed E-state index contributed by atoms with van der Waals surface area (Å²) in [5, 5.41) is 7.09. The molecule has 6 heteroatoms. The monoisotopic (exact) mass is 279 g/mol. The molecule has 2 amide bonds. The Hall–Kier alpha value is -1.88. The molecule has 0 bridgehead atoms. The molecule has 1 aromatic carbocycles. The van der Waals surface area contributed by atoms with E-state index < -0.39 is 5.92 Å². The summed E-state index contributed by atoms with van der Waals surface area (Å²) in [6, 6.07) is 7.09. The molecule has 100 valence electrons. The average Bonchev–Trinajstić information content (AvgIpc) is 2.39. The maximum Gasteiger partial charge on any atom is 0.252 e. The molecule has 1 aliphatic heterocycles. The Bertz CT molecular complexity index is 516. The van der Waals surface area contributed by atoms with E-state index in [0.29, 0.717) is 18.0 Å². The van der Waals surface area contributed by atoms with Crippen molar-refractivity contribution in [2.75, 3.05) is 6.54 Å². The van der Waals surface area contributed by atoms with Crippen LogP contribution in [-0.2, 0) is 9.59 Å². The van der Waals surface area contributed by atoms with Crippen LogP contribution in [0, 0.1) is 5.92 Å². The quantitative estimate of drug-likeness (QED) is 0.498. The number of piperidine rings is 1. The van der Waals surface area contributed by atoms with Crippen molar-refractivity contribution in [2.24, 2.45) is 11.0 Å². The molecule has 1 atom stereocenters. The second-order valence-electron chi connectivity index (χ2n) is 4.28. The van der Waals surface area contributed by atoms with Gasteiger partial charge in [-0.2, -0.15) is 5.10 Å². The highest BCUT2D eigenvalue weighted by molar-refractivity contribution is 6.30. The Kier molecular flexibility index (Phi) is 4.52. The lowest BCUT2D eigenvalue weighted by molar-refractivity contribution is -0.136. The van der Waals surface area contributed by atoms with E-state index in [0.717, 1.165) is 12.0 Å². The normalized spacial score (nSPS) is 19.2. The Balaban J connectivity index is 1.91. The first-order chi connectivity index (χ1) is 9.16. The molecule has 2 N–H and O–H groups in total. The van der Waals surface area contributed by atoms with E-state index in [1.807, 2.05) is 6.07 Å². The standard InChI is InChI=1S/C13H14ClN3O2/c14-10-4-1-3-9(7-10)8-16-17-13(19)11-5-2-6-15-12(11)18/h1,3-4,7-8,11H,2,5-6H2,(H,15,18)(H,17,19)/b16-8-/t11-/m0/s1. The summed E-state index contributed by atoms with van der Waals surface area (Å²) >= 11 is 5.83. The topological polar surface area (TPSA) is 70.6 Å². The van der Waals surface area contributed by atoms with Crippen molar-refractivity contribution in [3.63, 3.8) is 0 Å². The van der Waals surface area contributed by atoms with Gasteiger partial charge >= 0.3 is 0 Å². The fourth-order valence-electron chi connectivity index (χ4n) is 1.86. The molecule has 5 nitrogen and oxygen atoms in total. The minimum atomic E-state index is -0.648. The van der Waals surface area contributed by atoms with E-state index >= 15 is 0 Å². The smallest absolute Gasteiger partial charge is 0.252 e. The van der Waals surface area contributed by atoms with Crippen molar-refractivity contribution in [2.45, 2.75) is 12.8 Å². The van der Waals surface area contributed by atoms with E-state index in [1.54, 1.807) is 18.2 Å². The lowest BCUT2D eigenvalue weighted by Crippen LogP contribution is -2.43. The maximum atomic E-state index is 11.8. The molecule has 1 aliphatic rings. The third-order valence-electron chi connectivity index (χ3n) is 2.84. The zero-order valence-corrected chi connectivity index (χ0v) is 11.0. The van der Waals surface area contributed by atoms with Crippen LogP contribution in [0.5, 0.6) is 0 Å². The Morgan fingerprint density at radius 2 is 2.37 bits per heavy atom. The van der Waals surface area contributed by atoms with Crippen LogP contribution in [0.4, 0.5) is 0 Å². The zero-order valence-electron chi connectivity index (χ0n) is 10.2. The first-order valence-electron chi connectivity index (χ1n) is 6.03. The highest BCUT2D eigenvalue weighted by Crippen LogP contribution is 2.11.